The molecule has 2 unspecified atom stereocenters. The van der Waals surface area contributed by atoms with E-state index in [0.717, 1.165) is 13.1 Å². The van der Waals surface area contributed by atoms with Crippen molar-refractivity contribution in [1.82, 2.24) is 9.62 Å². The summed E-state index contributed by atoms with van der Waals surface area (Å²) >= 11 is 0. The maximum atomic E-state index is 12.5. The van der Waals surface area contributed by atoms with Crippen LogP contribution in [0.2, 0.25) is 0 Å². The monoisotopic (exact) mass is 290 g/mol. The minimum absolute atomic E-state index is 0.0744. The van der Waals surface area contributed by atoms with Gasteiger partial charge in [0.25, 0.3) is 0 Å². The van der Waals surface area contributed by atoms with E-state index in [1.165, 1.54) is 0 Å². The fraction of sp³-hybridized carbons (Fsp3) is 1.00. The van der Waals surface area contributed by atoms with Crippen LogP contribution >= 0.6 is 0 Å². The van der Waals surface area contributed by atoms with Gasteiger partial charge in [-0.15, -0.1) is 0 Å². The Morgan fingerprint density at radius 3 is 2.63 bits per heavy atom. The molecule has 5 nitrogen and oxygen atoms in total. The second-order valence-corrected chi connectivity index (χ2v) is 8.46. The highest BCUT2D eigenvalue weighted by Crippen LogP contribution is 2.42. The molecule has 2 rings (SSSR count). The number of nitrogens with zero attached hydrogens (tertiary/aromatic N) is 1. The molecule has 1 N–H and O–H groups in total. The first kappa shape index (κ1) is 15.2. The van der Waals surface area contributed by atoms with Crippen LogP contribution in [0.15, 0.2) is 0 Å². The zero-order valence-corrected chi connectivity index (χ0v) is 13.2. The van der Waals surface area contributed by atoms with Gasteiger partial charge < -0.3 is 10.1 Å². The fourth-order valence-corrected chi connectivity index (χ4v) is 5.15. The minimum Gasteiger partial charge on any atom is -0.378 e. The molecule has 2 atom stereocenters. The summed E-state index contributed by atoms with van der Waals surface area (Å²) < 4.78 is 32.1. The molecule has 0 aromatic carbocycles. The van der Waals surface area contributed by atoms with Gasteiger partial charge in [0.05, 0.1) is 18.5 Å². The zero-order valence-electron chi connectivity index (χ0n) is 12.3. The van der Waals surface area contributed by atoms with Gasteiger partial charge in [0.15, 0.2) is 0 Å². The van der Waals surface area contributed by atoms with Crippen molar-refractivity contribution in [1.29, 1.82) is 0 Å². The second kappa shape index (κ2) is 5.31. The lowest BCUT2D eigenvalue weighted by Crippen LogP contribution is -2.48. The average molecular weight is 290 g/mol. The summed E-state index contributed by atoms with van der Waals surface area (Å²) in [7, 11) is -3.22. The molecule has 6 heteroatoms. The first-order chi connectivity index (χ1) is 8.75. The van der Waals surface area contributed by atoms with Crippen molar-refractivity contribution in [3.05, 3.63) is 0 Å². The standard InChI is InChI=1S/C13H26N2O3S/c1-10(2)18-5-6-19(16,17)15-9-11-7-14-8-12(11)13(15,3)4/h10-12,14H,5-9H2,1-4H3. The Kier molecular flexibility index (Phi) is 4.26. The maximum absolute atomic E-state index is 12.5. The molecule has 2 aliphatic rings. The number of hydrogen-bond donors (Lipinski definition) is 1. The Balaban J connectivity index is 2.04. The van der Waals surface area contributed by atoms with Crippen LogP contribution in [0.5, 0.6) is 0 Å². The predicted molar refractivity (Wildman–Crippen MR) is 75.5 cm³/mol. The largest absolute Gasteiger partial charge is 0.378 e. The van der Waals surface area contributed by atoms with Crippen LogP contribution in [0.4, 0.5) is 0 Å². The van der Waals surface area contributed by atoms with Gasteiger partial charge >= 0.3 is 0 Å². The van der Waals surface area contributed by atoms with E-state index < -0.39 is 10.0 Å². The molecule has 0 saturated carbocycles. The molecule has 2 heterocycles. The van der Waals surface area contributed by atoms with E-state index in [0.29, 0.717) is 18.4 Å². The highest BCUT2D eigenvalue weighted by atomic mass is 32.2. The van der Waals surface area contributed by atoms with Crippen LogP contribution in [0.25, 0.3) is 0 Å². The molecule has 0 aromatic heterocycles. The van der Waals surface area contributed by atoms with Crippen LogP contribution in [-0.4, -0.2) is 56.4 Å². The second-order valence-electron chi connectivity index (χ2n) is 6.45. The SMILES string of the molecule is CC(C)OCCS(=O)(=O)N1CC2CNCC2C1(C)C. The van der Waals surface area contributed by atoms with E-state index in [1.54, 1.807) is 4.31 Å². The maximum Gasteiger partial charge on any atom is 0.216 e. The Bertz CT molecular complexity index is 420. The predicted octanol–water partition coefficient (Wildman–Crippen LogP) is 0.671. The van der Waals surface area contributed by atoms with E-state index >= 15 is 0 Å². The Morgan fingerprint density at radius 1 is 1.37 bits per heavy atom. The van der Waals surface area contributed by atoms with E-state index in [-0.39, 0.29) is 24.0 Å². The van der Waals surface area contributed by atoms with Crippen molar-refractivity contribution in [2.45, 2.75) is 39.3 Å². The molecule has 2 aliphatic heterocycles. The third-order valence-electron chi connectivity index (χ3n) is 4.42. The third kappa shape index (κ3) is 2.96. The average Bonchev–Trinajstić information content (AvgIpc) is 2.80. The normalized spacial score (nSPS) is 31.0. The molecule has 2 fully saturated rings. The van der Waals surface area contributed by atoms with Gasteiger partial charge in [0.2, 0.25) is 10.0 Å². The third-order valence-corrected chi connectivity index (χ3v) is 6.39. The number of hydrogen-bond acceptors (Lipinski definition) is 4. The van der Waals surface area contributed by atoms with Gasteiger partial charge in [0.1, 0.15) is 0 Å². The molecule has 0 aliphatic carbocycles. The van der Waals surface area contributed by atoms with Crippen LogP contribution in [0.3, 0.4) is 0 Å². The van der Waals surface area contributed by atoms with E-state index in [4.69, 9.17) is 4.74 Å². The fourth-order valence-electron chi connectivity index (χ4n) is 3.36. The highest BCUT2D eigenvalue weighted by molar-refractivity contribution is 7.89. The first-order valence-corrected chi connectivity index (χ1v) is 8.69. The van der Waals surface area contributed by atoms with Gasteiger partial charge in [-0.1, -0.05) is 0 Å². The van der Waals surface area contributed by atoms with Gasteiger partial charge in [-0.05, 0) is 46.1 Å². The first-order valence-electron chi connectivity index (χ1n) is 7.08. The lowest BCUT2D eigenvalue weighted by Gasteiger charge is -2.34. The molecular formula is C13H26N2O3S. The van der Waals surface area contributed by atoms with Crippen molar-refractivity contribution >= 4 is 10.0 Å². The molecular weight excluding hydrogens is 264 g/mol. The van der Waals surface area contributed by atoms with E-state index in [9.17, 15) is 8.42 Å². The minimum atomic E-state index is -3.22. The summed E-state index contributed by atoms with van der Waals surface area (Å²) in [6.07, 6.45) is 0.0744. The van der Waals surface area contributed by atoms with Crippen molar-refractivity contribution in [3.8, 4) is 0 Å². The topological polar surface area (TPSA) is 58.6 Å². The van der Waals surface area contributed by atoms with E-state index in [1.807, 2.05) is 27.7 Å². The summed E-state index contributed by atoms with van der Waals surface area (Å²) in [5.74, 6) is 0.964. The van der Waals surface area contributed by atoms with E-state index in [2.05, 4.69) is 5.32 Å². The van der Waals surface area contributed by atoms with Crippen LogP contribution in [0, 0.1) is 11.8 Å². The van der Waals surface area contributed by atoms with Crippen molar-refractivity contribution in [2.24, 2.45) is 11.8 Å². The lowest BCUT2D eigenvalue weighted by molar-refractivity contribution is 0.0902. The van der Waals surface area contributed by atoms with Gasteiger partial charge in [-0.25, -0.2) is 8.42 Å². The Hall–Kier alpha value is -0.170. The van der Waals surface area contributed by atoms with Crippen molar-refractivity contribution in [2.75, 3.05) is 32.0 Å². The van der Waals surface area contributed by atoms with Gasteiger partial charge in [-0.3, -0.25) is 0 Å². The van der Waals surface area contributed by atoms with Crippen molar-refractivity contribution in [3.63, 3.8) is 0 Å². The van der Waals surface area contributed by atoms with Crippen molar-refractivity contribution < 1.29 is 13.2 Å². The molecule has 0 amide bonds. The number of nitrogens with one attached hydrogen (secondary N) is 1. The highest BCUT2D eigenvalue weighted by Gasteiger charge is 2.53. The van der Waals surface area contributed by atoms with Crippen LogP contribution in [-0.2, 0) is 14.8 Å². The molecule has 0 spiro atoms. The quantitative estimate of drug-likeness (QED) is 0.808. The summed E-state index contributed by atoms with van der Waals surface area (Å²) in [5.41, 5.74) is -0.287. The molecule has 0 radical (unpaired) electrons. The Labute approximate surface area is 116 Å². The molecule has 19 heavy (non-hydrogen) atoms. The molecule has 0 aromatic rings. The summed E-state index contributed by atoms with van der Waals surface area (Å²) in [6, 6.07) is 0. The van der Waals surface area contributed by atoms with Gasteiger partial charge in [0, 0.05) is 18.6 Å². The van der Waals surface area contributed by atoms with Crippen LogP contribution < -0.4 is 5.32 Å². The number of sulfonamides is 1. The Morgan fingerprint density at radius 2 is 2.05 bits per heavy atom. The molecule has 0 bridgehead atoms. The summed E-state index contributed by atoms with van der Waals surface area (Å²) in [6.45, 7) is 10.7. The number of ether oxygens (including phenoxy) is 1. The van der Waals surface area contributed by atoms with Crippen LogP contribution in [0.1, 0.15) is 27.7 Å². The number of rotatable bonds is 5. The molecule has 112 valence electrons. The lowest BCUT2D eigenvalue weighted by atomic mass is 9.85. The zero-order chi connectivity index (χ0) is 14.3. The molecule has 2 saturated heterocycles. The van der Waals surface area contributed by atoms with Gasteiger partial charge in [-0.2, -0.15) is 4.31 Å². The number of fused-ring (bicyclic) bond motifs is 1. The summed E-state index contributed by atoms with van der Waals surface area (Å²) in [4.78, 5) is 0. The smallest absolute Gasteiger partial charge is 0.216 e. The summed E-state index contributed by atoms with van der Waals surface area (Å²) in [5, 5.41) is 3.36.